The van der Waals surface area contributed by atoms with E-state index in [1.807, 2.05) is 28.6 Å². The molecule has 0 saturated carbocycles. The predicted octanol–water partition coefficient (Wildman–Crippen LogP) is 4.58. The molecule has 168 valence electrons. The number of halogens is 1. The highest BCUT2D eigenvalue weighted by Crippen LogP contribution is 2.29. The summed E-state index contributed by atoms with van der Waals surface area (Å²) < 4.78 is 2.07. The highest BCUT2D eigenvalue weighted by Gasteiger charge is 2.25. The van der Waals surface area contributed by atoms with Gasteiger partial charge in [-0.3, -0.25) is 24.2 Å². The fraction of sp³-hybridized carbons (Fsp3) is 0.217. The molecule has 1 aliphatic rings. The van der Waals surface area contributed by atoms with E-state index in [1.54, 1.807) is 35.6 Å². The van der Waals surface area contributed by atoms with Crippen LogP contribution in [0.1, 0.15) is 16.1 Å². The number of imidazole rings is 1. The third-order valence-electron chi connectivity index (χ3n) is 5.85. The monoisotopic (exact) mass is 481 g/mol. The van der Waals surface area contributed by atoms with Gasteiger partial charge in [0.2, 0.25) is 0 Å². The summed E-state index contributed by atoms with van der Waals surface area (Å²) in [5.74, 6) is -0.0450. The molecule has 0 spiro atoms. The molecule has 5 rings (SSSR count). The molecule has 0 radical (unpaired) electrons. The molecule has 0 bridgehead atoms. The van der Waals surface area contributed by atoms with Crippen LogP contribution in [0.25, 0.3) is 16.2 Å². The number of hydrogen-bond donors (Lipinski definition) is 0. The Morgan fingerprint density at radius 2 is 1.82 bits per heavy atom. The number of non-ortho nitro benzene ring substituents is 1. The van der Waals surface area contributed by atoms with Crippen LogP contribution in [0, 0.1) is 10.1 Å². The van der Waals surface area contributed by atoms with Gasteiger partial charge < -0.3 is 4.90 Å². The van der Waals surface area contributed by atoms with Crippen molar-refractivity contribution in [2.45, 2.75) is 6.54 Å². The highest BCUT2D eigenvalue weighted by molar-refractivity contribution is 7.15. The molecule has 10 heteroatoms. The van der Waals surface area contributed by atoms with Crippen molar-refractivity contribution >= 4 is 39.5 Å². The maximum Gasteiger partial charge on any atom is 0.269 e. The van der Waals surface area contributed by atoms with E-state index in [0.717, 1.165) is 35.0 Å². The van der Waals surface area contributed by atoms with Crippen LogP contribution in [-0.2, 0) is 6.54 Å². The highest BCUT2D eigenvalue weighted by atomic mass is 35.5. The first kappa shape index (κ1) is 21.6. The van der Waals surface area contributed by atoms with Crippen molar-refractivity contribution in [1.82, 2.24) is 19.2 Å². The summed E-state index contributed by atoms with van der Waals surface area (Å²) in [6.45, 7) is 3.35. The molecule has 1 aliphatic heterocycles. The minimum atomic E-state index is -0.403. The Labute approximate surface area is 198 Å². The van der Waals surface area contributed by atoms with Crippen molar-refractivity contribution < 1.29 is 9.72 Å². The number of piperazine rings is 1. The van der Waals surface area contributed by atoms with Crippen LogP contribution < -0.4 is 0 Å². The summed E-state index contributed by atoms with van der Waals surface area (Å²) in [7, 11) is 0. The summed E-state index contributed by atoms with van der Waals surface area (Å²) in [6.07, 6.45) is 1.99. The van der Waals surface area contributed by atoms with Crippen molar-refractivity contribution in [3.05, 3.63) is 86.5 Å². The van der Waals surface area contributed by atoms with Crippen LogP contribution >= 0.6 is 22.9 Å². The zero-order chi connectivity index (χ0) is 22.9. The van der Waals surface area contributed by atoms with Crippen molar-refractivity contribution in [2.24, 2.45) is 0 Å². The average molecular weight is 482 g/mol. The van der Waals surface area contributed by atoms with Crippen molar-refractivity contribution in [1.29, 1.82) is 0 Å². The second kappa shape index (κ2) is 8.93. The van der Waals surface area contributed by atoms with E-state index in [0.29, 0.717) is 30.2 Å². The lowest BCUT2D eigenvalue weighted by molar-refractivity contribution is -0.384. The second-order valence-corrected chi connectivity index (χ2v) is 9.10. The Kier molecular flexibility index (Phi) is 5.84. The molecule has 2 aromatic heterocycles. The predicted molar refractivity (Wildman–Crippen MR) is 128 cm³/mol. The first-order chi connectivity index (χ1) is 16.0. The Hall–Kier alpha value is -3.27. The third kappa shape index (κ3) is 4.22. The van der Waals surface area contributed by atoms with Crippen molar-refractivity contribution in [2.75, 3.05) is 26.2 Å². The lowest BCUT2D eigenvalue weighted by Gasteiger charge is -2.34. The Bertz CT molecular complexity index is 1330. The van der Waals surface area contributed by atoms with Gasteiger partial charge in [-0.1, -0.05) is 23.7 Å². The van der Waals surface area contributed by atoms with E-state index in [2.05, 4.69) is 9.30 Å². The Morgan fingerprint density at radius 3 is 2.52 bits per heavy atom. The van der Waals surface area contributed by atoms with Gasteiger partial charge in [-0.05, 0) is 24.3 Å². The molecule has 8 nitrogen and oxygen atoms in total. The largest absolute Gasteiger partial charge is 0.336 e. The van der Waals surface area contributed by atoms with E-state index < -0.39 is 4.92 Å². The molecule has 33 heavy (non-hydrogen) atoms. The number of thiazole rings is 1. The van der Waals surface area contributed by atoms with Crippen LogP contribution in [0.5, 0.6) is 0 Å². The summed E-state index contributed by atoms with van der Waals surface area (Å²) in [6, 6.07) is 13.6. The summed E-state index contributed by atoms with van der Waals surface area (Å²) in [5, 5.41) is 13.5. The van der Waals surface area contributed by atoms with Gasteiger partial charge in [0.15, 0.2) is 4.96 Å². The molecule has 1 amide bonds. The Balaban J connectivity index is 1.33. The van der Waals surface area contributed by atoms with Gasteiger partial charge in [-0.25, -0.2) is 4.98 Å². The third-order valence-corrected chi connectivity index (χ3v) is 6.94. The van der Waals surface area contributed by atoms with Crippen LogP contribution in [0.3, 0.4) is 0 Å². The molecule has 0 unspecified atom stereocenters. The zero-order valence-electron chi connectivity index (χ0n) is 17.6. The average Bonchev–Trinajstić information content (AvgIpc) is 3.42. The van der Waals surface area contributed by atoms with E-state index in [9.17, 15) is 14.9 Å². The van der Waals surface area contributed by atoms with E-state index in [4.69, 9.17) is 16.6 Å². The Morgan fingerprint density at radius 1 is 1.09 bits per heavy atom. The minimum Gasteiger partial charge on any atom is -0.336 e. The van der Waals surface area contributed by atoms with Gasteiger partial charge in [0.25, 0.3) is 11.6 Å². The van der Waals surface area contributed by atoms with Crippen molar-refractivity contribution in [3.63, 3.8) is 0 Å². The van der Waals surface area contributed by atoms with Gasteiger partial charge in [0, 0.05) is 62.0 Å². The fourth-order valence-corrected chi connectivity index (χ4v) is 5.03. The maximum atomic E-state index is 12.9. The molecular weight excluding hydrogens is 462 g/mol. The van der Waals surface area contributed by atoms with Gasteiger partial charge in [-0.2, -0.15) is 0 Å². The number of hydrogen-bond acceptors (Lipinski definition) is 6. The first-order valence-corrected chi connectivity index (χ1v) is 11.7. The number of nitrogens with zero attached hydrogens (tertiary/aromatic N) is 5. The summed E-state index contributed by atoms with van der Waals surface area (Å²) in [4.78, 5) is 33.3. The number of carbonyl (C=O) groups is 1. The fourth-order valence-electron chi connectivity index (χ4n) is 4.08. The van der Waals surface area contributed by atoms with E-state index in [-0.39, 0.29) is 11.6 Å². The first-order valence-electron chi connectivity index (χ1n) is 10.5. The van der Waals surface area contributed by atoms with Crippen LogP contribution in [0.2, 0.25) is 5.02 Å². The number of nitro groups is 1. The number of fused-ring (bicyclic) bond motifs is 1. The van der Waals surface area contributed by atoms with Crippen LogP contribution in [0.15, 0.2) is 60.1 Å². The van der Waals surface area contributed by atoms with Gasteiger partial charge in [-0.15, -0.1) is 11.3 Å². The lowest BCUT2D eigenvalue weighted by atomic mass is 10.1. The van der Waals surface area contributed by atoms with Crippen LogP contribution in [-0.4, -0.2) is 56.2 Å². The van der Waals surface area contributed by atoms with E-state index in [1.165, 1.54) is 12.1 Å². The van der Waals surface area contributed by atoms with Gasteiger partial charge >= 0.3 is 0 Å². The number of carbonyl (C=O) groups excluding carboxylic acids is 1. The number of nitro benzene ring substituents is 1. The summed E-state index contributed by atoms with van der Waals surface area (Å²) >= 11 is 7.76. The normalized spacial score (nSPS) is 14.6. The molecule has 1 fully saturated rings. The van der Waals surface area contributed by atoms with Crippen LogP contribution in [0.4, 0.5) is 5.69 Å². The SMILES string of the molecule is O=C(c1ccccc1Cl)N1CCN(Cc2c(-c3ccc([N+](=O)[O-])cc3)nc3sccn23)CC1. The molecule has 0 atom stereocenters. The molecule has 4 aromatic rings. The number of rotatable bonds is 5. The second-order valence-electron chi connectivity index (χ2n) is 7.81. The van der Waals surface area contributed by atoms with Crippen molar-refractivity contribution in [3.8, 4) is 11.3 Å². The zero-order valence-corrected chi connectivity index (χ0v) is 19.1. The number of aromatic nitrogens is 2. The molecule has 3 heterocycles. The van der Waals surface area contributed by atoms with E-state index >= 15 is 0 Å². The number of amides is 1. The molecule has 0 N–H and O–H groups in total. The number of benzene rings is 2. The standard InChI is InChI=1S/C23H20ClN5O3S/c24-19-4-2-1-3-18(19)22(30)27-11-9-26(10-12-27)15-20-21(25-23-28(20)13-14-33-23)16-5-7-17(8-6-16)29(31)32/h1-8,13-14H,9-12,15H2. The molecule has 2 aromatic carbocycles. The molecular formula is C23H20ClN5O3S. The molecule has 0 aliphatic carbocycles. The summed E-state index contributed by atoms with van der Waals surface area (Å²) in [5.41, 5.74) is 3.29. The quantitative estimate of drug-likeness (QED) is 0.307. The van der Waals surface area contributed by atoms with Gasteiger partial charge in [0.05, 0.1) is 26.9 Å². The minimum absolute atomic E-state index is 0.0450. The topological polar surface area (TPSA) is 84.0 Å². The van der Waals surface area contributed by atoms with Gasteiger partial charge in [0.1, 0.15) is 0 Å². The smallest absolute Gasteiger partial charge is 0.269 e. The lowest BCUT2D eigenvalue weighted by Crippen LogP contribution is -2.48. The molecule has 1 saturated heterocycles. The maximum absolute atomic E-state index is 12.9.